The second-order valence-corrected chi connectivity index (χ2v) is 6.05. The van der Waals surface area contributed by atoms with Gasteiger partial charge < -0.3 is 10.2 Å². The Morgan fingerprint density at radius 2 is 2.05 bits per heavy atom. The topological polar surface area (TPSA) is 32.3 Å². The molecule has 22 heavy (non-hydrogen) atoms. The maximum atomic E-state index is 12.3. The molecular formula is C18H15ClN2O. The van der Waals surface area contributed by atoms with Crippen molar-refractivity contribution in [1.29, 1.82) is 0 Å². The monoisotopic (exact) mass is 310 g/mol. The Labute approximate surface area is 134 Å². The molecule has 110 valence electrons. The van der Waals surface area contributed by atoms with Crippen LogP contribution in [0.1, 0.15) is 17.5 Å². The fraction of sp³-hybridized carbons (Fsp3) is 0.167. The molecule has 2 aliphatic heterocycles. The number of nitrogens with one attached hydrogen (secondary N) is 1. The van der Waals surface area contributed by atoms with E-state index in [9.17, 15) is 4.79 Å². The minimum Gasteiger partial charge on any atom is -0.347 e. The fourth-order valence-corrected chi connectivity index (χ4v) is 3.31. The van der Waals surface area contributed by atoms with Gasteiger partial charge in [-0.1, -0.05) is 29.8 Å². The van der Waals surface area contributed by atoms with Crippen LogP contribution in [0, 0.1) is 0 Å². The van der Waals surface area contributed by atoms with Crippen molar-refractivity contribution < 1.29 is 4.79 Å². The lowest BCUT2D eigenvalue weighted by Gasteiger charge is -2.28. The zero-order chi connectivity index (χ0) is 15.1. The van der Waals surface area contributed by atoms with Gasteiger partial charge in [-0.05, 0) is 42.7 Å². The van der Waals surface area contributed by atoms with Crippen molar-refractivity contribution in [2.75, 3.05) is 16.8 Å². The maximum absolute atomic E-state index is 12.3. The molecule has 2 aliphatic rings. The van der Waals surface area contributed by atoms with Crippen LogP contribution in [-0.4, -0.2) is 12.5 Å². The first-order valence-corrected chi connectivity index (χ1v) is 7.78. The summed E-state index contributed by atoms with van der Waals surface area (Å²) in [5.41, 5.74) is 4.89. The fourth-order valence-electron chi connectivity index (χ4n) is 3.14. The molecular weight excluding hydrogens is 296 g/mol. The predicted molar refractivity (Wildman–Crippen MR) is 90.2 cm³/mol. The van der Waals surface area contributed by atoms with Crippen molar-refractivity contribution in [1.82, 2.24) is 0 Å². The molecule has 0 saturated carbocycles. The van der Waals surface area contributed by atoms with Crippen LogP contribution in [0.15, 0.2) is 48.7 Å². The molecule has 4 rings (SSSR count). The molecule has 0 radical (unpaired) electrons. The van der Waals surface area contributed by atoms with Crippen LogP contribution in [0.5, 0.6) is 0 Å². The number of rotatable bonds is 1. The van der Waals surface area contributed by atoms with Gasteiger partial charge in [0.2, 0.25) is 0 Å². The van der Waals surface area contributed by atoms with E-state index in [1.807, 2.05) is 24.4 Å². The van der Waals surface area contributed by atoms with Gasteiger partial charge in [-0.2, -0.15) is 0 Å². The third kappa shape index (κ3) is 2.18. The zero-order valence-corrected chi connectivity index (χ0v) is 12.7. The summed E-state index contributed by atoms with van der Waals surface area (Å²) in [6, 6.07) is 13.8. The highest BCUT2D eigenvalue weighted by molar-refractivity contribution is 6.34. The average Bonchev–Trinajstić information content (AvgIpc) is 2.83. The van der Waals surface area contributed by atoms with Crippen LogP contribution in [0.25, 0.3) is 5.57 Å². The highest BCUT2D eigenvalue weighted by Crippen LogP contribution is 2.35. The van der Waals surface area contributed by atoms with Crippen LogP contribution >= 0.6 is 11.6 Å². The lowest BCUT2D eigenvalue weighted by atomic mass is 10.0. The number of hydrogen-bond acceptors (Lipinski definition) is 2. The summed E-state index contributed by atoms with van der Waals surface area (Å²) in [7, 11) is 0. The quantitative estimate of drug-likeness (QED) is 0.805. The van der Waals surface area contributed by atoms with Gasteiger partial charge in [-0.15, -0.1) is 0 Å². The molecule has 0 aliphatic carbocycles. The van der Waals surface area contributed by atoms with Crippen LogP contribution in [-0.2, 0) is 11.2 Å². The highest BCUT2D eigenvalue weighted by Gasteiger charge is 2.26. The summed E-state index contributed by atoms with van der Waals surface area (Å²) >= 11 is 6.08. The number of benzene rings is 2. The number of amides is 1. The Kier molecular flexibility index (Phi) is 3.16. The second-order valence-electron chi connectivity index (χ2n) is 5.61. The number of hydrogen-bond donors (Lipinski definition) is 1. The van der Waals surface area contributed by atoms with E-state index in [1.54, 1.807) is 6.07 Å². The molecule has 2 aromatic carbocycles. The van der Waals surface area contributed by atoms with E-state index in [4.69, 9.17) is 11.6 Å². The molecule has 1 amide bonds. The predicted octanol–water partition coefficient (Wildman–Crippen LogP) is 4.09. The van der Waals surface area contributed by atoms with E-state index in [1.165, 1.54) is 11.3 Å². The van der Waals surface area contributed by atoms with E-state index in [0.29, 0.717) is 10.6 Å². The number of carbonyl (C=O) groups is 1. The van der Waals surface area contributed by atoms with Gasteiger partial charge in [0, 0.05) is 34.7 Å². The molecule has 3 nitrogen and oxygen atoms in total. The average molecular weight is 311 g/mol. The van der Waals surface area contributed by atoms with Crippen molar-refractivity contribution in [3.05, 3.63) is 64.8 Å². The molecule has 4 heteroatoms. The molecule has 2 heterocycles. The Hall–Kier alpha value is -2.26. The molecule has 0 fully saturated rings. The van der Waals surface area contributed by atoms with Crippen molar-refractivity contribution in [2.45, 2.75) is 12.8 Å². The number of halogens is 1. The minimum absolute atomic E-state index is 0.0691. The summed E-state index contributed by atoms with van der Waals surface area (Å²) in [5, 5.41) is 3.53. The molecule has 0 aromatic heterocycles. The summed E-state index contributed by atoms with van der Waals surface area (Å²) in [4.78, 5) is 14.4. The molecule has 0 bridgehead atoms. The van der Waals surface area contributed by atoms with E-state index < -0.39 is 0 Å². The number of anilines is 2. The summed E-state index contributed by atoms with van der Waals surface area (Å²) in [6.07, 6.45) is 4.13. The maximum Gasteiger partial charge on any atom is 0.257 e. The number of aryl methyl sites for hydroxylation is 1. The van der Waals surface area contributed by atoms with Gasteiger partial charge in [-0.3, -0.25) is 4.79 Å². The third-order valence-corrected chi connectivity index (χ3v) is 4.43. The second kappa shape index (κ2) is 5.18. The van der Waals surface area contributed by atoms with E-state index in [2.05, 4.69) is 28.4 Å². The van der Waals surface area contributed by atoms with E-state index >= 15 is 0 Å². The molecule has 0 atom stereocenters. The van der Waals surface area contributed by atoms with Gasteiger partial charge in [0.05, 0.1) is 5.57 Å². The molecule has 0 saturated heterocycles. The van der Waals surface area contributed by atoms with E-state index in [0.717, 1.165) is 30.6 Å². The number of nitrogens with zero attached hydrogens (tertiary/aromatic N) is 1. The van der Waals surface area contributed by atoms with Crippen LogP contribution in [0.4, 0.5) is 11.4 Å². The van der Waals surface area contributed by atoms with Crippen molar-refractivity contribution in [2.24, 2.45) is 0 Å². The minimum atomic E-state index is -0.0691. The Balaban J connectivity index is 1.79. The number of para-hydroxylation sites is 1. The highest BCUT2D eigenvalue weighted by atomic mass is 35.5. The zero-order valence-electron chi connectivity index (χ0n) is 12.0. The lowest BCUT2D eigenvalue weighted by molar-refractivity contribution is -0.110. The Morgan fingerprint density at radius 1 is 1.18 bits per heavy atom. The first kappa shape index (κ1) is 13.4. The first-order chi connectivity index (χ1) is 10.7. The van der Waals surface area contributed by atoms with Gasteiger partial charge in [-0.25, -0.2) is 0 Å². The summed E-state index contributed by atoms with van der Waals surface area (Å²) in [6.45, 7) is 0.920. The Morgan fingerprint density at radius 3 is 2.95 bits per heavy atom. The Bertz CT molecular complexity index is 797. The van der Waals surface area contributed by atoms with Gasteiger partial charge in [0.25, 0.3) is 5.91 Å². The van der Waals surface area contributed by atoms with Crippen molar-refractivity contribution in [3.8, 4) is 0 Å². The van der Waals surface area contributed by atoms with Crippen molar-refractivity contribution >= 4 is 34.5 Å². The van der Waals surface area contributed by atoms with Crippen LogP contribution in [0.2, 0.25) is 5.02 Å². The van der Waals surface area contributed by atoms with Crippen molar-refractivity contribution in [3.63, 3.8) is 0 Å². The molecule has 1 N–H and O–H groups in total. The molecule has 2 aromatic rings. The standard InChI is InChI=1S/C18H15ClN2O/c19-13-7-8-16-14(10-13)15(18(22)20-16)11-21-9-3-5-12-4-1-2-6-17(12)21/h1-2,4,6-8,10-11H,3,5,9H2,(H,20,22)/b15-11-. The molecule has 0 spiro atoms. The van der Waals surface area contributed by atoms with Crippen LogP contribution < -0.4 is 10.2 Å². The van der Waals surface area contributed by atoms with Gasteiger partial charge in [0.1, 0.15) is 0 Å². The summed E-state index contributed by atoms with van der Waals surface area (Å²) < 4.78 is 0. The lowest BCUT2D eigenvalue weighted by Crippen LogP contribution is -2.24. The van der Waals surface area contributed by atoms with Gasteiger partial charge >= 0.3 is 0 Å². The smallest absolute Gasteiger partial charge is 0.257 e. The first-order valence-electron chi connectivity index (χ1n) is 7.40. The summed E-state index contributed by atoms with van der Waals surface area (Å²) in [5.74, 6) is -0.0691. The van der Waals surface area contributed by atoms with Gasteiger partial charge in [0.15, 0.2) is 0 Å². The van der Waals surface area contributed by atoms with Crippen LogP contribution in [0.3, 0.4) is 0 Å². The molecule has 0 unspecified atom stereocenters. The van der Waals surface area contributed by atoms with E-state index in [-0.39, 0.29) is 5.91 Å². The number of carbonyl (C=O) groups excluding carboxylic acids is 1. The number of fused-ring (bicyclic) bond motifs is 2. The largest absolute Gasteiger partial charge is 0.347 e. The normalized spacial score (nSPS) is 18.1. The SMILES string of the molecule is O=C1Nc2ccc(Cl)cc2/C1=C/N1CCCc2ccccc21. The third-order valence-electron chi connectivity index (χ3n) is 4.20.